The van der Waals surface area contributed by atoms with E-state index in [-0.39, 0.29) is 17.7 Å². The number of carbonyl (C=O) groups excluding carboxylic acids is 2. The van der Waals surface area contributed by atoms with Crippen molar-refractivity contribution in [1.82, 2.24) is 9.47 Å². The van der Waals surface area contributed by atoms with Crippen molar-refractivity contribution in [1.29, 1.82) is 0 Å². The van der Waals surface area contributed by atoms with Crippen molar-refractivity contribution in [2.24, 2.45) is 0 Å². The Kier molecular flexibility index (Phi) is 3.95. The average molecular weight is 276 g/mol. The van der Waals surface area contributed by atoms with E-state index in [1.165, 1.54) is 4.90 Å². The number of thioether (sulfide) groups is 1. The minimum atomic E-state index is -0.243. The van der Waals surface area contributed by atoms with E-state index in [9.17, 15) is 9.59 Å². The molecular weight excluding hydrogens is 260 g/mol. The first-order valence-corrected chi connectivity index (χ1v) is 6.88. The molecule has 0 atom stereocenters. The number of hydrogen-bond acceptors (Lipinski definition) is 3. The monoisotopic (exact) mass is 276 g/mol. The summed E-state index contributed by atoms with van der Waals surface area (Å²) in [5.74, 6) is -0.243. The van der Waals surface area contributed by atoms with Gasteiger partial charge >= 0.3 is 0 Å². The number of imide groups is 1. The van der Waals surface area contributed by atoms with Gasteiger partial charge in [-0.1, -0.05) is 6.08 Å². The summed E-state index contributed by atoms with van der Waals surface area (Å²) < 4.78 is 2.06. The molecule has 2 heterocycles. The fraction of sp³-hybridized carbons (Fsp3) is 0.286. The number of hydrogen-bond donors (Lipinski definition) is 0. The molecule has 2 rings (SSSR count). The highest BCUT2D eigenvalue weighted by molar-refractivity contribution is 8.18. The van der Waals surface area contributed by atoms with Crippen molar-refractivity contribution >= 4 is 29.0 Å². The Hall–Kier alpha value is -1.75. The van der Waals surface area contributed by atoms with Gasteiger partial charge in [0.1, 0.15) is 0 Å². The lowest BCUT2D eigenvalue weighted by molar-refractivity contribution is -0.122. The molecule has 5 heteroatoms. The van der Waals surface area contributed by atoms with Crippen LogP contribution in [0.15, 0.2) is 36.0 Å². The third-order valence-electron chi connectivity index (χ3n) is 2.82. The van der Waals surface area contributed by atoms with Gasteiger partial charge in [0, 0.05) is 25.0 Å². The van der Waals surface area contributed by atoms with Gasteiger partial charge in [0.15, 0.2) is 0 Å². The molecule has 0 radical (unpaired) electrons. The number of rotatable bonds is 4. The lowest BCUT2D eigenvalue weighted by Gasteiger charge is -2.07. The number of nitrogens with zero attached hydrogens (tertiary/aromatic N) is 2. The van der Waals surface area contributed by atoms with Gasteiger partial charge in [-0.2, -0.15) is 0 Å². The molecule has 4 nitrogen and oxygen atoms in total. The first kappa shape index (κ1) is 13.7. The Morgan fingerprint density at radius 2 is 2.16 bits per heavy atom. The van der Waals surface area contributed by atoms with Crippen molar-refractivity contribution < 1.29 is 9.59 Å². The van der Waals surface area contributed by atoms with E-state index in [4.69, 9.17) is 0 Å². The van der Waals surface area contributed by atoms with Crippen LogP contribution in [0.3, 0.4) is 0 Å². The van der Waals surface area contributed by atoms with Crippen LogP contribution >= 0.6 is 11.8 Å². The van der Waals surface area contributed by atoms with E-state index >= 15 is 0 Å². The summed E-state index contributed by atoms with van der Waals surface area (Å²) in [4.78, 5) is 25.3. The summed E-state index contributed by atoms with van der Waals surface area (Å²) in [6.45, 7) is 7.98. The Labute approximate surface area is 116 Å². The van der Waals surface area contributed by atoms with E-state index in [0.29, 0.717) is 10.9 Å². The van der Waals surface area contributed by atoms with Crippen LogP contribution in [0, 0.1) is 0 Å². The van der Waals surface area contributed by atoms with Gasteiger partial charge < -0.3 is 4.57 Å². The van der Waals surface area contributed by atoms with Crippen LogP contribution in [0.1, 0.15) is 25.5 Å². The van der Waals surface area contributed by atoms with Crippen molar-refractivity contribution in [2.45, 2.75) is 19.9 Å². The average Bonchev–Trinajstić information content (AvgIpc) is 2.91. The Morgan fingerprint density at radius 3 is 2.74 bits per heavy atom. The highest BCUT2D eigenvalue weighted by atomic mass is 32.2. The normalized spacial score (nSPS) is 17.8. The van der Waals surface area contributed by atoms with Gasteiger partial charge in [0.2, 0.25) is 0 Å². The Morgan fingerprint density at radius 1 is 1.42 bits per heavy atom. The van der Waals surface area contributed by atoms with Crippen LogP contribution in [-0.4, -0.2) is 27.2 Å². The highest BCUT2D eigenvalue weighted by Gasteiger charge is 2.33. The van der Waals surface area contributed by atoms with E-state index < -0.39 is 0 Å². The van der Waals surface area contributed by atoms with E-state index in [2.05, 4.69) is 25.0 Å². The molecule has 0 spiro atoms. The molecule has 1 aliphatic heterocycles. The molecule has 1 fully saturated rings. The van der Waals surface area contributed by atoms with Gasteiger partial charge in [-0.05, 0) is 43.3 Å². The molecular formula is C14H16N2O2S. The second-order valence-corrected chi connectivity index (χ2v) is 5.56. The minimum Gasteiger partial charge on any atom is -0.351 e. The third kappa shape index (κ3) is 2.81. The molecule has 19 heavy (non-hydrogen) atoms. The zero-order valence-electron chi connectivity index (χ0n) is 11.0. The molecule has 0 saturated carbocycles. The lowest BCUT2D eigenvalue weighted by atomic mass is 10.3. The molecule has 0 bridgehead atoms. The number of carbonyl (C=O) groups is 2. The minimum absolute atomic E-state index is 0.237. The molecule has 0 aromatic carbocycles. The second-order valence-electron chi connectivity index (χ2n) is 4.57. The fourth-order valence-electron chi connectivity index (χ4n) is 1.77. The van der Waals surface area contributed by atoms with Crippen LogP contribution in [0.5, 0.6) is 0 Å². The maximum absolute atomic E-state index is 12.0. The first-order chi connectivity index (χ1) is 9.02. The summed E-state index contributed by atoms with van der Waals surface area (Å²) >= 11 is 0.976. The van der Waals surface area contributed by atoms with Crippen LogP contribution in [0.25, 0.3) is 6.08 Å². The second kappa shape index (κ2) is 5.48. The van der Waals surface area contributed by atoms with Crippen LogP contribution < -0.4 is 0 Å². The van der Waals surface area contributed by atoms with Crippen molar-refractivity contribution in [2.75, 3.05) is 6.54 Å². The van der Waals surface area contributed by atoms with Gasteiger partial charge in [-0.3, -0.25) is 14.5 Å². The smallest absolute Gasteiger partial charge is 0.293 e. The SMILES string of the molecule is C=CCN1C(=O)S/C(=C/c2ccn(C(C)C)c2)C1=O. The quantitative estimate of drug-likeness (QED) is 0.626. The molecule has 100 valence electrons. The molecule has 1 saturated heterocycles. The summed E-state index contributed by atoms with van der Waals surface area (Å²) in [5, 5.41) is -0.237. The van der Waals surface area contributed by atoms with E-state index in [1.807, 2.05) is 18.5 Å². The third-order valence-corrected chi connectivity index (χ3v) is 3.72. The standard InChI is InChI=1S/C14H16N2O2S/c1-4-6-16-13(17)12(19-14(16)18)8-11-5-7-15(9-11)10(2)3/h4-5,7-10H,1,6H2,2-3H3/b12-8+. The van der Waals surface area contributed by atoms with Crippen molar-refractivity contribution in [3.05, 3.63) is 41.6 Å². The summed E-state index contributed by atoms with van der Waals surface area (Å²) in [6.07, 6.45) is 7.23. The molecule has 2 amide bonds. The molecule has 1 aromatic heterocycles. The number of amides is 2. The van der Waals surface area contributed by atoms with Gasteiger partial charge in [0.25, 0.3) is 11.1 Å². The predicted molar refractivity (Wildman–Crippen MR) is 77.7 cm³/mol. The molecule has 0 N–H and O–H groups in total. The molecule has 1 aromatic rings. The van der Waals surface area contributed by atoms with Crippen LogP contribution in [-0.2, 0) is 4.79 Å². The van der Waals surface area contributed by atoms with Gasteiger partial charge in [-0.15, -0.1) is 6.58 Å². The summed E-state index contributed by atoms with van der Waals surface area (Å²) in [6, 6.07) is 2.31. The molecule has 1 aliphatic rings. The predicted octanol–water partition coefficient (Wildman–Crippen LogP) is 3.29. The first-order valence-electron chi connectivity index (χ1n) is 6.06. The van der Waals surface area contributed by atoms with E-state index in [1.54, 1.807) is 12.2 Å². The van der Waals surface area contributed by atoms with Crippen molar-refractivity contribution in [3.8, 4) is 0 Å². The largest absolute Gasteiger partial charge is 0.351 e. The number of aromatic nitrogens is 1. The van der Waals surface area contributed by atoms with E-state index in [0.717, 1.165) is 17.3 Å². The lowest BCUT2D eigenvalue weighted by Crippen LogP contribution is -2.27. The Bertz CT molecular complexity index is 558. The highest BCUT2D eigenvalue weighted by Crippen LogP contribution is 2.32. The summed E-state index contributed by atoms with van der Waals surface area (Å²) in [5.41, 5.74) is 0.929. The molecule has 0 unspecified atom stereocenters. The zero-order valence-corrected chi connectivity index (χ0v) is 11.8. The molecule has 0 aliphatic carbocycles. The van der Waals surface area contributed by atoms with Crippen molar-refractivity contribution in [3.63, 3.8) is 0 Å². The summed E-state index contributed by atoms with van der Waals surface area (Å²) in [7, 11) is 0. The van der Waals surface area contributed by atoms with Crippen LogP contribution in [0.4, 0.5) is 4.79 Å². The maximum Gasteiger partial charge on any atom is 0.293 e. The fourth-order valence-corrected chi connectivity index (χ4v) is 2.62. The zero-order chi connectivity index (χ0) is 14.0. The van der Waals surface area contributed by atoms with Gasteiger partial charge in [0.05, 0.1) is 4.91 Å². The van der Waals surface area contributed by atoms with Crippen LogP contribution in [0.2, 0.25) is 0 Å². The topological polar surface area (TPSA) is 42.3 Å². The maximum atomic E-state index is 12.0. The van der Waals surface area contributed by atoms with Gasteiger partial charge in [-0.25, -0.2) is 0 Å². The Balaban J connectivity index is 2.22.